The van der Waals surface area contributed by atoms with E-state index in [9.17, 15) is 4.79 Å². The van der Waals surface area contributed by atoms with Gasteiger partial charge in [0, 0.05) is 38.2 Å². The molecule has 2 aromatic rings. The van der Waals surface area contributed by atoms with Crippen LogP contribution in [-0.2, 0) is 17.6 Å². The van der Waals surface area contributed by atoms with Crippen molar-refractivity contribution in [3.63, 3.8) is 0 Å². The van der Waals surface area contributed by atoms with E-state index in [0.717, 1.165) is 63.5 Å². The highest BCUT2D eigenvalue weighted by molar-refractivity contribution is 5.47. The van der Waals surface area contributed by atoms with Crippen molar-refractivity contribution in [3.8, 4) is 5.75 Å². The van der Waals surface area contributed by atoms with E-state index < -0.39 is 0 Å². The van der Waals surface area contributed by atoms with Gasteiger partial charge in [-0.2, -0.15) is 4.98 Å². The van der Waals surface area contributed by atoms with E-state index in [1.54, 1.807) is 6.07 Å². The summed E-state index contributed by atoms with van der Waals surface area (Å²) < 4.78 is 11.6. The Morgan fingerprint density at radius 3 is 3.03 bits per heavy atom. The topological polar surface area (TPSA) is 70.7 Å². The van der Waals surface area contributed by atoms with Crippen molar-refractivity contribution in [3.05, 3.63) is 45.7 Å². The minimum Gasteiger partial charge on any atom is -0.493 e. The Balaban J connectivity index is 1.44. The Morgan fingerprint density at radius 2 is 2.13 bits per heavy atom. The summed E-state index contributed by atoms with van der Waals surface area (Å²) in [6, 6.07) is 8.41. The van der Waals surface area contributed by atoms with Crippen molar-refractivity contribution >= 4 is 11.8 Å². The highest BCUT2D eigenvalue weighted by atomic mass is 16.5. The van der Waals surface area contributed by atoms with E-state index in [1.165, 1.54) is 24.0 Å². The lowest BCUT2D eigenvalue weighted by Gasteiger charge is -2.34. The van der Waals surface area contributed by atoms with Crippen LogP contribution in [-0.4, -0.2) is 55.0 Å². The fraction of sp³-hybridized carbons (Fsp3) is 0.583. The molecule has 0 unspecified atom stereocenters. The van der Waals surface area contributed by atoms with Gasteiger partial charge < -0.3 is 19.3 Å². The number of hydrogen-bond donors (Lipinski definition) is 1. The molecule has 0 aliphatic carbocycles. The Kier molecular flexibility index (Phi) is 5.85. The highest BCUT2D eigenvalue weighted by Crippen LogP contribution is 2.33. The molecule has 5 rings (SSSR count). The summed E-state index contributed by atoms with van der Waals surface area (Å²) in [6.45, 7) is 5.92. The van der Waals surface area contributed by atoms with Crippen LogP contribution in [0.1, 0.15) is 43.7 Å². The number of hydrogen-bond acceptors (Lipinski definition) is 6. The summed E-state index contributed by atoms with van der Waals surface area (Å²) in [6.07, 6.45) is 6.65. The monoisotopic (exact) mass is 424 g/mol. The third-order valence-electron chi connectivity index (χ3n) is 6.68. The molecule has 31 heavy (non-hydrogen) atoms. The van der Waals surface area contributed by atoms with Gasteiger partial charge in [-0.05, 0) is 37.3 Å². The van der Waals surface area contributed by atoms with Gasteiger partial charge in [0.15, 0.2) is 0 Å². The first-order valence-electron chi connectivity index (χ1n) is 11.7. The minimum atomic E-state index is -0.0916. The van der Waals surface area contributed by atoms with E-state index in [2.05, 4.69) is 39.9 Å². The largest absolute Gasteiger partial charge is 0.493 e. The molecule has 4 heterocycles. The number of benzene rings is 1. The van der Waals surface area contributed by atoms with Gasteiger partial charge >= 0.3 is 0 Å². The maximum atomic E-state index is 12.6. The molecule has 0 radical (unpaired) electrons. The lowest BCUT2D eigenvalue weighted by molar-refractivity contribution is 0.0529. The summed E-state index contributed by atoms with van der Waals surface area (Å²) in [5.41, 5.74) is 2.49. The van der Waals surface area contributed by atoms with Crippen LogP contribution in [0.4, 0.5) is 11.8 Å². The first-order valence-corrected chi connectivity index (χ1v) is 11.7. The Morgan fingerprint density at radius 1 is 1.19 bits per heavy atom. The van der Waals surface area contributed by atoms with E-state index in [1.807, 2.05) is 0 Å². The first kappa shape index (κ1) is 20.4. The number of nitrogens with zero attached hydrogens (tertiary/aromatic N) is 3. The fourth-order valence-corrected chi connectivity index (χ4v) is 5.12. The molecule has 3 aliphatic rings. The van der Waals surface area contributed by atoms with Gasteiger partial charge in [-0.25, -0.2) is 0 Å². The van der Waals surface area contributed by atoms with Crippen LogP contribution in [0.25, 0.3) is 0 Å². The van der Waals surface area contributed by atoms with Crippen molar-refractivity contribution in [1.29, 1.82) is 0 Å². The second kappa shape index (κ2) is 8.91. The van der Waals surface area contributed by atoms with E-state index in [4.69, 9.17) is 14.5 Å². The molecular formula is C24H32N4O3. The predicted octanol–water partition coefficient (Wildman–Crippen LogP) is 2.92. The second-order valence-electron chi connectivity index (χ2n) is 8.96. The molecule has 0 saturated carbocycles. The van der Waals surface area contributed by atoms with Crippen LogP contribution < -0.4 is 20.1 Å². The van der Waals surface area contributed by atoms with Crippen LogP contribution in [0.15, 0.2) is 29.1 Å². The molecule has 2 atom stereocenters. The second-order valence-corrected chi connectivity index (χ2v) is 8.96. The lowest BCUT2D eigenvalue weighted by atomic mass is 9.98. The molecule has 1 N–H and O–H groups in total. The van der Waals surface area contributed by atoms with Crippen molar-refractivity contribution in [2.45, 2.75) is 57.6 Å². The molecule has 2 saturated heterocycles. The number of H-pyrrole nitrogens is 1. The average molecular weight is 425 g/mol. The number of rotatable bonds is 4. The van der Waals surface area contributed by atoms with Crippen molar-refractivity contribution in [1.82, 2.24) is 9.97 Å². The number of nitrogens with one attached hydrogen (secondary N) is 1. The predicted molar refractivity (Wildman–Crippen MR) is 121 cm³/mol. The zero-order chi connectivity index (χ0) is 21.2. The molecular weight excluding hydrogens is 392 g/mol. The van der Waals surface area contributed by atoms with E-state index in [-0.39, 0.29) is 11.7 Å². The molecule has 0 spiro atoms. The lowest BCUT2D eigenvalue weighted by Crippen LogP contribution is -2.43. The van der Waals surface area contributed by atoms with Gasteiger partial charge in [0.05, 0.1) is 19.3 Å². The molecule has 7 heteroatoms. The summed E-state index contributed by atoms with van der Waals surface area (Å²) >= 11 is 0. The van der Waals surface area contributed by atoms with E-state index in [0.29, 0.717) is 18.6 Å². The Labute approximate surface area is 183 Å². The quantitative estimate of drug-likeness (QED) is 0.814. The number of para-hydroxylation sites is 1. The van der Waals surface area contributed by atoms with Gasteiger partial charge in [0.1, 0.15) is 11.6 Å². The molecule has 0 amide bonds. The number of anilines is 2. The molecule has 3 aliphatic heterocycles. The molecule has 1 aromatic carbocycles. The van der Waals surface area contributed by atoms with Crippen LogP contribution in [0.2, 0.25) is 0 Å². The molecule has 2 fully saturated rings. The first-order chi connectivity index (χ1) is 15.2. The molecule has 0 bridgehead atoms. The van der Waals surface area contributed by atoms with Crippen LogP contribution in [0.5, 0.6) is 5.75 Å². The fourth-order valence-electron chi connectivity index (χ4n) is 5.12. The maximum absolute atomic E-state index is 12.6. The van der Waals surface area contributed by atoms with Gasteiger partial charge in [-0.1, -0.05) is 31.0 Å². The Hall–Kier alpha value is -2.54. The smallest absolute Gasteiger partial charge is 0.254 e. The van der Waals surface area contributed by atoms with E-state index >= 15 is 0 Å². The maximum Gasteiger partial charge on any atom is 0.254 e. The molecule has 7 nitrogen and oxygen atoms in total. The molecule has 166 valence electrons. The van der Waals surface area contributed by atoms with Crippen LogP contribution in [0, 0.1) is 0 Å². The Bertz CT molecular complexity index is 976. The van der Waals surface area contributed by atoms with Gasteiger partial charge in [-0.15, -0.1) is 0 Å². The van der Waals surface area contributed by atoms with Crippen LogP contribution >= 0.6 is 0 Å². The number of ether oxygens (including phenoxy) is 2. The number of aromatic amines is 1. The molecule has 1 aromatic heterocycles. The van der Waals surface area contributed by atoms with Gasteiger partial charge in [0.25, 0.3) is 5.56 Å². The zero-order valence-electron chi connectivity index (χ0n) is 18.3. The number of fused-ring (bicyclic) bond motifs is 1. The minimum absolute atomic E-state index is 0.0916. The third kappa shape index (κ3) is 4.42. The summed E-state index contributed by atoms with van der Waals surface area (Å²) in [4.78, 5) is 25.0. The SMILES string of the molecule is C[C@@H]1CN(c2cc(=O)[nH]c(N3CCCCC[C@H]3Cc3cccc4c3OCC4)n2)CCO1. The number of aromatic nitrogens is 2. The summed E-state index contributed by atoms with van der Waals surface area (Å²) in [5, 5.41) is 0. The van der Waals surface area contributed by atoms with Crippen molar-refractivity contribution in [2.75, 3.05) is 42.6 Å². The zero-order valence-corrected chi connectivity index (χ0v) is 18.3. The third-order valence-corrected chi connectivity index (χ3v) is 6.68. The van der Waals surface area contributed by atoms with Gasteiger partial charge in [0.2, 0.25) is 5.95 Å². The standard InChI is InChI=1S/C24H32N4O3/c1-17-16-27(11-13-30-17)21-15-22(29)26-24(25-21)28-10-4-2-3-8-20(28)14-19-7-5-6-18-9-12-31-23(18)19/h5-7,15,17,20H,2-4,8-14,16H2,1H3,(H,25,26,29)/t17-,20+/m1/s1. The average Bonchev–Trinajstić information content (AvgIpc) is 3.13. The van der Waals surface area contributed by atoms with Crippen LogP contribution in [0.3, 0.4) is 0 Å². The number of morpholine rings is 1. The highest BCUT2D eigenvalue weighted by Gasteiger charge is 2.27. The van der Waals surface area contributed by atoms with Gasteiger partial charge in [-0.3, -0.25) is 9.78 Å². The normalized spacial score (nSPS) is 23.9. The summed E-state index contributed by atoms with van der Waals surface area (Å²) in [5.74, 6) is 2.52. The van der Waals surface area contributed by atoms with Crippen molar-refractivity contribution < 1.29 is 9.47 Å². The summed E-state index contributed by atoms with van der Waals surface area (Å²) in [7, 11) is 0. The van der Waals surface area contributed by atoms with Crippen molar-refractivity contribution in [2.24, 2.45) is 0 Å².